The van der Waals surface area contributed by atoms with Crippen molar-refractivity contribution in [2.24, 2.45) is 0 Å². The monoisotopic (exact) mass is 1340 g/mol. The number of phenols is 2. The van der Waals surface area contributed by atoms with Crippen molar-refractivity contribution in [2.45, 2.75) is 161 Å². The van der Waals surface area contributed by atoms with Gasteiger partial charge in [0.1, 0.15) is 66.7 Å². The van der Waals surface area contributed by atoms with Gasteiger partial charge in [0.2, 0.25) is 29.5 Å². The van der Waals surface area contributed by atoms with Gasteiger partial charge in [-0.25, -0.2) is 24.0 Å². The summed E-state index contributed by atoms with van der Waals surface area (Å²) in [5, 5.41) is 49.5. The van der Waals surface area contributed by atoms with Crippen LogP contribution in [0.3, 0.4) is 0 Å². The van der Waals surface area contributed by atoms with Crippen LogP contribution in [0.4, 0.5) is 24.0 Å². The van der Waals surface area contributed by atoms with E-state index < -0.39 is 108 Å². The standard InChI is InChI=1S/C70H90N10O17/c1-69(2,3)96-66(90)74-34-18-27-54-61(85)79-55(39-50-37-48(28-30-57(50)81)49-29-31-58(82)51(38-49)40-56(63(87)78-54)80-68(92)97-70(4,5)6)62(86)77-53(26-17-33-73-64(88)93-42-45-19-10-7-11-20-45)60(84)72-32-16-25-52(76-67(91)95-44-47-23-14-9-15-24-47)41-59(83)71-35-36-75-65(89)94-43-46-21-12-8-13-22-46/h7-15,19-24,28-31,37-38,52-56,81-82H,16-18,25-27,32-36,39-44H2,1-6H3,(H,71,83)(H,72,84)(H,73,88)(H,74,90)(H,75,89)(H,76,91)(H,77,86)(H,78,87)(H,79,85)(H,80,92)/t52-,53-,54-,55-,56-/m0/s1. The molecule has 0 radical (unpaired) electrons. The topological polar surface area (TPSA) is 378 Å². The third-order valence-corrected chi connectivity index (χ3v) is 14.7. The number of alkyl carbamates (subject to hydrolysis) is 5. The van der Waals surface area contributed by atoms with Crippen LogP contribution in [0.1, 0.15) is 114 Å². The minimum atomic E-state index is -1.60. The first-order valence-corrected chi connectivity index (χ1v) is 32.2. The lowest BCUT2D eigenvalue weighted by Crippen LogP contribution is -2.59. The molecular formula is C70H90N10O17. The molecule has 0 saturated heterocycles. The smallest absolute Gasteiger partial charge is 0.408 e. The molecule has 0 aliphatic carbocycles. The fraction of sp³-hybridized carbons (Fsp3) is 0.429. The molecule has 97 heavy (non-hydrogen) atoms. The van der Waals surface area contributed by atoms with Crippen LogP contribution in [0.2, 0.25) is 0 Å². The highest BCUT2D eigenvalue weighted by Gasteiger charge is 2.34. The summed E-state index contributed by atoms with van der Waals surface area (Å²) in [6, 6.07) is 29.3. The molecule has 0 aromatic heterocycles. The average molecular weight is 1340 g/mol. The second-order valence-corrected chi connectivity index (χ2v) is 25.1. The molecule has 0 fully saturated rings. The summed E-state index contributed by atoms with van der Waals surface area (Å²) in [6.07, 6.45) is -4.76. The van der Waals surface area contributed by atoms with E-state index >= 15 is 4.79 Å². The number of carbonyl (C=O) groups excluding carboxylic acids is 10. The third-order valence-electron chi connectivity index (χ3n) is 14.7. The quantitative estimate of drug-likeness (QED) is 0.0180. The normalized spacial score (nSPS) is 15.3. The van der Waals surface area contributed by atoms with E-state index in [-0.39, 0.29) is 127 Å². The fourth-order valence-corrected chi connectivity index (χ4v) is 9.88. The predicted octanol–water partition coefficient (Wildman–Crippen LogP) is 6.85. The van der Waals surface area contributed by atoms with Gasteiger partial charge < -0.3 is 87.1 Å². The first kappa shape index (κ1) is 75.4. The molecule has 0 spiro atoms. The minimum Gasteiger partial charge on any atom is -0.508 e. The van der Waals surface area contributed by atoms with Crippen LogP contribution in [0.15, 0.2) is 127 Å². The number of rotatable bonds is 28. The molecule has 27 heteroatoms. The van der Waals surface area contributed by atoms with Crippen molar-refractivity contribution in [1.82, 2.24) is 53.2 Å². The summed E-state index contributed by atoms with van der Waals surface area (Å²) in [7, 11) is 0. The largest absolute Gasteiger partial charge is 0.508 e. The van der Waals surface area contributed by atoms with Crippen LogP contribution < -0.4 is 53.2 Å². The zero-order valence-electron chi connectivity index (χ0n) is 55.6. The van der Waals surface area contributed by atoms with E-state index in [1.54, 1.807) is 126 Å². The van der Waals surface area contributed by atoms with E-state index in [9.17, 15) is 53.4 Å². The molecule has 0 unspecified atom stereocenters. The molecule has 522 valence electrons. The Morgan fingerprint density at radius 1 is 0.505 bits per heavy atom. The van der Waals surface area contributed by atoms with Gasteiger partial charge in [0.15, 0.2) is 0 Å². The van der Waals surface area contributed by atoms with Gasteiger partial charge in [0, 0.05) is 58.0 Å². The minimum absolute atomic E-state index is 0.0202. The first-order chi connectivity index (χ1) is 46.2. The summed E-state index contributed by atoms with van der Waals surface area (Å²) >= 11 is 0. The third kappa shape index (κ3) is 28.5. The Morgan fingerprint density at radius 3 is 1.54 bits per heavy atom. The van der Waals surface area contributed by atoms with Crippen molar-refractivity contribution in [1.29, 1.82) is 0 Å². The van der Waals surface area contributed by atoms with E-state index in [2.05, 4.69) is 53.2 Å². The van der Waals surface area contributed by atoms with Gasteiger partial charge >= 0.3 is 30.5 Å². The Bertz CT molecular complexity index is 3440. The number of fused-ring (bicyclic) bond motifs is 5. The molecule has 5 aromatic rings. The molecule has 27 nitrogen and oxygen atoms in total. The lowest BCUT2D eigenvalue weighted by molar-refractivity contribution is -0.134. The zero-order chi connectivity index (χ0) is 70.3. The molecule has 5 atom stereocenters. The van der Waals surface area contributed by atoms with E-state index in [4.69, 9.17) is 23.7 Å². The summed E-state index contributed by atoms with van der Waals surface area (Å²) in [5.74, 6) is -4.43. The molecule has 10 amide bonds. The fourth-order valence-electron chi connectivity index (χ4n) is 9.88. The van der Waals surface area contributed by atoms with Crippen molar-refractivity contribution in [3.63, 3.8) is 0 Å². The Morgan fingerprint density at radius 2 is 0.979 bits per heavy atom. The van der Waals surface area contributed by atoms with Crippen molar-refractivity contribution >= 4 is 60.0 Å². The molecule has 5 aromatic carbocycles. The van der Waals surface area contributed by atoms with E-state index in [0.717, 1.165) is 11.1 Å². The summed E-state index contributed by atoms with van der Waals surface area (Å²) in [5.41, 5.74) is 1.75. The van der Waals surface area contributed by atoms with Crippen LogP contribution in [0.5, 0.6) is 11.5 Å². The van der Waals surface area contributed by atoms with Crippen molar-refractivity contribution < 1.29 is 81.8 Å². The highest BCUT2D eigenvalue weighted by Crippen LogP contribution is 2.31. The first-order valence-electron chi connectivity index (χ1n) is 32.2. The molecule has 1 heterocycles. The molecule has 12 N–H and O–H groups in total. The second-order valence-electron chi connectivity index (χ2n) is 25.1. The molecule has 1 aliphatic heterocycles. The van der Waals surface area contributed by atoms with Crippen LogP contribution in [0.25, 0.3) is 11.1 Å². The number of phenolic OH excluding ortho intramolecular Hbond substituents is 2. The van der Waals surface area contributed by atoms with Gasteiger partial charge in [0.25, 0.3) is 0 Å². The molecule has 6 rings (SSSR count). The summed E-state index contributed by atoms with van der Waals surface area (Å²) < 4.78 is 27.0. The number of nitrogens with one attached hydrogen (secondary N) is 10. The molecular weight excluding hydrogens is 1250 g/mol. The predicted molar refractivity (Wildman–Crippen MR) is 357 cm³/mol. The van der Waals surface area contributed by atoms with Crippen LogP contribution in [-0.4, -0.2) is 144 Å². The SMILES string of the molecule is CC(C)(C)OC(=O)NCCC[C@@H]1NC(=O)[C@@H](NC(=O)OC(C)(C)C)Cc2cc(ccc2O)-c2ccc(O)c(c2)C[C@@H](C(=O)N[C@@H](CCCNC(=O)OCc2ccccc2)C(=O)NCCC[C@@H](CC(=O)NCCNC(=O)OCc2ccccc2)NC(=O)OCc2ccccc2)NC1=O. The van der Waals surface area contributed by atoms with Gasteiger partial charge in [-0.05, 0) is 143 Å². The Balaban J connectivity index is 1.23. The second kappa shape index (κ2) is 38.1. The highest BCUT2D eigenvalue weighted by molar-refractivity contribution is 5.96. The highest BCUT2D eigenvalue weighted by atomic mass is 16.6. The van der Waals surface area contributed by atoms with E-state index in [0.29, 0.717) is 16.7 Å². The van der Waals surface area contributed by atoms with E-state index in [1.807, 2.05) is 30.3 Å². The Hall–Kier alpha value is -10.6. The number of ether oxygens (including phenoxy) is 5. The number of hydrogen-bond donors (Lipinski definition) is 12. The van der Waals surface area contributed by atoms with Crippen LogP contribution in [-0.2, 0) is 80.3 Å². The Labute approximate surface area is 564 Å². The van der Waals surface area contributed by atoms with Crippen LogP contribution >= 0.6 is 0 Å². The van der Waals surface area contributed by atoms with Gasteiger partial charge in [-0.1, -0.05) is 103 Å². The lowest BCUT2D eigenvalue weighted by Gasteiger charge is -2.27. The average Bonchev–Trinajstić information content (AvgIpc) is 1.66. The van der Waals surface area contributed by atoms with Gasteiger partial charge in [-0.15, -0.1) is 0 Å². The number of carbonyl (C=O) groups is 10. The Kier molecular flexibility index (Phi) is 29.6. The van der Waals surface area contributed by atoms with Gasteiger partial charge in [-0.2, -0.15) is 0 Å². The number of hydrogen-bond acceptors (Lipinski definition) is 17. The number of amides is 10. The van der Waals surface area contributed by atoms with Crippen molar-refractivity contribution in [2.75, 3.05) is 32.7 Å². The van der Waals surface area contributed by atoms with Gasteiger partial charge in [0.05, 0.1) is 0 Å². The number of aromatic hydroxyl groups is 2. The van der Waals surface area contributed by atoms with Crippen LogP contribution in [0, 0.1) is 0 Å². The maximum absolute atomic E-state index is 15.1. The maximum atomic E-state index is 15.1. The molecule has 0 saturated carbocycles. The lowest BCUT2D eigenvalue weighted by atomic mass is 9.95. The maximum Gasteiger partial charge on any atom is 0.408 e. The number of benzene rings is 5. The molecule has 1 aliphatic rings. The van der Waals surface area contributed by atoms with Crippen molar-refractivity contribution in [3.8, 4) is 22.6 Å². The zero-order valence-corrected chi connectivity index (χ0v) is 55.6. The van der Waals surface area contributed by atoms with Gasteiger partial charge in [-0.3, -0.25) is 24.0 Å². The summed E-state index contributed by atoms with van der Waals surface area (Å²) in [6.45, 7) is 9.82. The molecule has 4 bridgehead atoms. The van der Waals surface area contributed by atoms with Crippen molar-refractivity contribution in [3.05, 3.63) is 155 Å². The summed E-state index contributed by atoms with van der Waals surface area (Å²) in [4.78, 5) is 137. The van der Waals surface area contributed by atoms with E-state index in [1.165, 1.54) is 12.1 Å².